The maximum absolute atomic E-state index is 12.2. The number of nitriles is 1. The third-order valence-corrected chi connectivity index (χ3v) is 6.02. The van der Waals surface area contributed by atoms with E-state index in [-0.39, 0.29) is 18.0 Å². The van der Waals surface area contributed by atoms with Crippen molar-refractivity contribution in [2.24, 2.45) is 0 Å². The van der Waals surface area contributed by atoms with E-state index in [1.165, 1.54) is 36.4 Å². The number of nitrogens with zero attached hydrogens (tertiary/aromatic N) is 2. The van der Waals surface area contributed by atoms with Crippen molar-refractivity contribution < 1.29 is 16.8 Å². The van der Waals surface area contributed by atoms with Crippen molar-refractivity contribution in [1.82, 2.24) is 4.72 Å². The molecule has 0 saturated heterocycles. The maximum atomic E-state index is 12.2. The Morgan fingerprint density at radius 2 is 1.60 bits per heavy atom. The first-order chi connectivity index (χ1) is 11.7. The molecule has 7 nitrogen and oxygen atoms in total. The molecule has 0 bridgehead atoms. The summed E-state index contributed by atoms with van der Waals surface area (Å²) in [6.45, 7) is -0.166. The van der Waals surface area contributed by atoms with Gasteiger partial charge < -0.3 is 0 Å². The Kier molecular flexibility index (Phi) is 5.79. The zero-order valence-corrected chi connectivity index (χ0v) is 15.1. The van der Waals surface area contributed by atoms with Gasteiger partial charge in [-0.2, -0.15) is 5.26 Å². The summed E-state index contributed by atoms with van der Waals surface area (Å²) >= 11 is 0. The Morgan fingerprint density at radius 1 is 1.00 bits per heavy atom. The molecule has 1 N–H and O–H groups in total. The first-order valence-corrected chi connectivity index (χ1v) is 10.6. The highest BCUT2D eigenvalue weighted by Crippen LogP contribution is 2.18. The van der Waals surface area contributed by atoms with E-state index in [0.29, 0.717) is 11.3 Å². The van der Waals surface area contributed by atoms with Crippen LogP contribution in [0.25, 0.3) is 0 Å². The summed E-state index contributed by atoms with van der Waals surface area (Å²) in [6.07, 6.45) is 1.04. The van der Waals surface area contributed by atoms with Gasteiger partial charge in [0.05, 0.1) is 28.5 Å². The molecule has 2 rings (SSSR count). The van der Waals surface area contributed by atoms with Gasteiger partial charge in [0.1, 0.15) is 0 Å². The van der Waals surface area contributed by atoms with Crippen LogP contribution in [0.15, 0.2) is 59.5 Å². The first kappa shape index (κ1) is 18.9. The van der Waals surface area contributed by atoms with Gasteiger partial charge in [-0.25, -0.2) is 21.6 Å². The van der Waals surface area contributed by atoms with Gasteiger partial charge in [-0.1, -0.05) is 18.2 Å². The normalized spacial score (nSPS) is 11.7. The zero-order valence-electron chi connectivity index (χ0n) is 13.5. The summed E-state index contributed by atoms with van der Waals surface area (Å²) in [6, 6.07) is 15.8. The molecule has 25 heavy (non-hydrogen) atoms. The molecule has 0 aromatic heterocycles. The monoisotopic (exact) mass is 379 g/mol. The van der Waals surface area contributed by atoms with Crippen LogP contribution >= 0.6 is 0 Å². The highest BCUT2D eigenvalue weighted by molar-refractivity contribution is 7.92. The molecule has 132 valence electrons. The van der Waals surface area contributed by atoms with Crippen molar-refractivity contribution in [3.63, 3.8) is 0 Å². The van der Waals surface area contributed by atoms with Crippen LogP contribution in [0.1, 0.15) is 5.56 Å². The SMILES string of the molecule is CS(=O)(=O)N(CCNS(=O)(=O)c1ccccc1)c1ccc(C#N)cc1. The lowest BCUT2D eigenvalue weighted by molar-refractivity contribution is 0.578. The number of hydrogen-bond acceptors (Lipinski definition) is 5. The molecular weight excluding hydrogens is 362 g/mol. The minimum atomic E-state index is -3.71. The van der Waals surface area contributed by atoms with Crippen LogP contribution in [-0.2, 0) is 20.0 Å². The van der Waals surface area contributed by atoms with Gasteiger partial charge in [-0.15, -0.1) is 0 Å². The number of anilines is 1. The average Bonchev–Trinajstić information content (AvgIpc) is 2.59. The third kappa shape index (κ3) is 5.03. The fraction of sp³-hybridized carbons (Fsp3) is 0.188. The van der Waals surface area contributed by atoms with Crippen LogP contribution in [0.3, 0.4) is 0 Å². The van der Waals surface area contributed by atoms with E-state index < -0.39 is 20.0 Å². The zero-order chi connectivity index (χ0) is 18.5. The van der Waals surface area contributed by atoms with Crippen LogP contribution in [0.4, 0.5) is 5.69 Å². The maximum Gasteiger partial charge on any atom is 0.240 e. The first-order valence-electron chi connectivity index (χ1n) is 7.26. The summed E-state index contributed by atoms with van der Waals surface area (Å²) in [5, 5.41) is 8.81. The highest BCUT2D eigenvalue weighted by Gasteiger charge is 2.19. The molecule has 0 aliphatic rings. The van der Waals surface area contributed by atoms with Crippen molar-refractivity contribution in [3.8, 4) is 6.07 Å². The van der Waals surface area contributed by atoms with Gasteiger partial charge >= 0.3 is 0 Å². The number of rotatable bonds is 7. The lowest BCUT2D eigenvalue weighted by Gasteiger charge is -2.22. The molecule has 0 amide bonds. The van der Waals surface area contributed by atoms with E-state index in [0.717, 1.165) is 10.6 Å². The summed E-state index contributed by atoms with van der Waals surface area (Å²) in [5.74, 6) is 0. The smallest absolute Gasteiger partial charge is 0.240 e. The van der Waals surface area contributed by atoms with Crippen molar-refractivity contribution in [3.05, 3.63) is 60.2 Å². The molecular formula is C16H17N3O4S2. The minimum absolute atomic E-state index is 0.0726. The Hall–Kier alpha value is -2.41. The molecule has 0 saturated carbocycles. The molecule has 0 unspecified atom stereocenters. The van der Waals surface area contributed by atoms with Gasteiger partial charge in [0.15, 0.2) is 0 Å². The van der Waals surface area contributed by atoms with E-state index in [1.54, 1.807) is 18.2 Å². The molecule has 0 fully saturated rings. The van der Waals surface area contributed by atoms with Gasteiger partial charge in [-0.3, -0.25) is 4.31 Å². The van der Waals surface area contributed by atoms with Crippen molar-refractivity contribution in [1.29, 1.82) is 5.26 Å². The van der Waals surface area contributed by atoms with E-state index >= 15 is 0 Å². The molecule has 0 aliphatic heterocycles. The fourth-order valence-electron chi connectivity index (χ4n) is 2.15. The second-order valence-electron chi connectivity index (χ2n) is 5.20. The lowest BCUT2D eigenvalue weighted by atomic mass is 10.2. The number of sulfonamides is 2. The van der Waals surface area contributed by atoms with Crippen LogP contribution in [0.2, 0.25) is 0 Å². The van der Waals surface area contributed by atoms with Crippen molar-refractivity contribution >= 4 is 25.7 Å². The summed E-state index contributed by atoms with van der Waals surface area (Å²) in [7, 11) is -7.31. The standard InChI is InChI=1S/C16H17N3O4S2/c1-24(20,21)19(15-9-7-14(13-17)8-10-15)12-11-18-25(22,23)16-5-3-2-4-6-16/h2-10,18H,11-12H2,1H3. The number of benzene rings is 2. The highest BCUT2D eigenvalue weighted by atomic mass is 32.2. The Morgan fingerprint density at radius 3 is 2.12 bits per heavy atom. The molecule has 0 aliphatic carbocycles. The van der Waals surface area contributed by atoms with Crippen molar-refractivity contribution in [2.75, 3.05) is 23.7 Å². The van der Waals surface area contributed by atoms with Gasteiger partial charge in [0.25, 0.3) is 0 Å². The van der Waals surface area contributed by atoms with Crippen LogP contribution in [0.5, 0.6) is 0 Å². The minimum Gasteiger partial charge on any atom is -0.269 e. The quantitative estimate of drug-likeness (QED) is 0.780. The summed E-state index contributed by atoms with van der Waals surface area (Å²) in [5.41, 5.74) is 0.766. The predicted molar refractivity (Wildman–Crippen MR) is 95.0 cm³/mol. The number of nitrogens with one attached hydrogen (secondary N) is 1. The second-order valence-corrected chi connectivity index (χ2v) is 8.88. The molecule has 0 radical (unpaired) electrons. The summed E-state index contributed by atoms with van der Waals surface area (Å²) in [4.78, 5) is 0.110. The third-order valence-electron chi connectivity index (χ3n) is 3.35. The van der Waals surface area contributed by atoms with E-state index in [2.05, 4.69) is 4.72 Å². The second kappa shape index (κ2) is 7.65. The Balaban J connectivity index is 2.13. The molecule has 2 aromatic carbocycles. The Bertz CT molecular complexity index is 964. The van der Waals surface area contributed by atoms with Gasteiger partial charge in [-0.05, 0) is 36.4 Å². The topological polar surface area (TPSA) is 107 Å². The van der Waals surface area contributed by atoms with E-state index in [9.17, 15) is 16.8 Å². The van der Waals surface area contributed by atoms with Gasteiger partial charge in [0.2, 0.25) is 20.0 Å². The summed E-state index contributed by atoms with van der Waals surface area (Å²) < 4.78 is 51.8. The van der Waals surface area contributed by atoms with Gasteiger partial charge in [0, 0.05) is 13.1 Å². The van der Waals surface area contributed by atoms with Crippen LogP contribution < -0.4 is 9.03 Å². The molecule has 0 spiro atoms. The fourth-order valence-corrected chi connectivity index (χ4v) is 4.12. The molecule has 9 heteroatoms. The average molecular weight is 379 g/mol. The molecule has 0 atom stereocenters. The van der Waals surface area contributed by atoms with E-state index in [1.807, 2.05) is 6.07 Å². The molecule has 0 heterocycles. The Labute approximate surface area is 147 Å². The molecule has 2 aromatic rings. The van der Waals surface area contributed by atoms with Crippen LogP contribution in [0, 0.1) is 11.3 Å². The number of hydrogen-bond donors (Lipinski definition) is 1. The lowest BCUT2D eigenvalue weighted by Crippen LogP contribution is -2.38. The predicted octanol–water partition coefficient (Wildman–Crippen LogP) is 1.30. The van der Waals surface area contributed by atoms with E-state index in [4.69, 9.17) is 5.26 Å². The largest absolute Gasteiger partial charge is 0.269 e. The van der Waals surface area contributed by atoms with Crippen LogP contribution in [-0.4, -0.2) is 36.2 Å². The van der Waals surface area contributed by atoms with Crippen molar-refractivity contribution in [2.45, 2.75) is 4.90 Å².